The molecule has 6 heteroatoms. The van der Waals surface area contributed by atoms with Gasteiger partial charge < -0.3 is 0 Å². The number of hydrogen-bond acceptors (Lipinski definition) is 4. The predicted molar refractivity (Wildman–Crippen MR) is 74.3 cm³/mol. The van der Waals surface area contributed by atoms with Gasteiger partial charge in [0.1, 0.15) is 5.82 Å². The van der Waals surface area contributed by atoms with E-state index in [-0.39, 0.29) is 5.69 Å². The molecule has 3 aromatic rings. The smallest absolute Gasteiger partial charge is 0.258 e. The molecule has 0 amide bonds. The Hall–Kier alpha value is -2.34. The van der Waals surface area contributed by atoms with E-state index in [2.05, 4.69) is 10.4 Å². The summed E-state index contributed by atoms with van der Waals surface area (Å²) in [5.41, 5.74) is 1.95. The molecule has 0 aliphatic rings. The van der Waals surface area contributed by atoms with Crippen LogP contribution in [0.25, 0.3) is 10.2 Å². The highest BCUT2D eigenvalue weighted by atomic mass is 32.1. The molecule has 0 aliphatic carbocycles. The highest BCUT2D eigenvalue weighted by Crippen LogP contribution is 2.26. The summed E-state index contributed by atoms with van der Waals surface area (Å²) < 4.78 is 14.9. The zero-order valence-corrected chi connectivity index (χ0v) is 11.0. The van der Waals surface area contributed by atoms with Crippen LogP contribution in [-0.4, -0.2) is 9.91 Å². The fourth-order valence-electron chi connectivity index (χ4n) is 2.01. The van der Waals surface area contributed by atoms with E-state index in [9.17, 15) is 14.5 Å². The number of nitro benzene ring substituents is 1. The van der Waals surface area contributed by atoms with Crippen LogP contribution in [0, 0.1) is 21.3 Å². The van der Waals surface area contributed by atoms with Crippen molar-refractivity contribution in [1.29, 1.82) is 0 Å². The van der Waals surface area contributed by atoms with Crippen LogP contribution in [-0.2, 0) is 6.42 Å². The number of rotatable bonds is 3. The molecule has 4 nitrogen and oxygen atoms in total. The molecule has 1 aromatic carbocycles. The van der Waals surface area contributed by atoms with E-state index in [4.69, 9.17) is 0 Å². The largest absolute Gasteiger partial charge is 0.272 e. The van der Waals surface area contributed by atoms with Crippen LogP contribution < -0.4 is 0 Å². The zero-order chi connectivity index (χ0) is 14.1. The van der Waals surface area contributed by atoms with Crippen LogP contribution in [0.15, 0.2) is 36.5 Å². The first kappa shape index (κ1) is 12.7. The number of fused-ring (bicyclic) bond motifs is 1. The van der Waals surface area contributed by atoms with Crippen LogP contribution in [0.1, 0.15) is 11.1 Å². The third-order valence-corrected chi connectivity index (χ3v) is 3.91. The number of nitrogens with zero attached hydrogens (tertiary/aromatic N) is 2. The maximum absolute atomic E-state index is 13.9. The van der Waals surface area contributed by atoms with Crippen molar-refractivity contribution in [1.82, 2.24) is 4.98 Å². The molecular weight excluding hydrogens is 279 g/mol. The summed E-state index contributed by atoms with van der Waals surface area (Å²) in [6.07, 6.45) is 2.04. The fraction of sp³-hybridized carbons (Fsp3) is 0.0714. The molecule has 1 radical (unpaired) electrons. The number of halogens is 1. The number of hydrogen-bond donors (Lipinski definition) is 0. The SMILES string of the molecule is O=[N+]([O-])c1ccc(Cc2ccnc3c[c]sc23)c(F)c1. The zero-order valence-electron chi connectivity index (χ0n) is 10.2. The second kappa shape index (κ2) is 4.97. The average molecular weight is 287 g/mol. The molecular formula is C14H8FN2O2S. The highest BCUT2D eigenvalue weighted by molar-refractivity contribution is 7.16. The van der Waals surface area contributed by atoms with Crippen molar-refractivity contribution < 1.29 is 9.31 Å². The van der Waals surface area contributed by atoms with Gasteiger partial charge in [-0.15, -0.1) is 11.3 Å². The van der Waals surface area contributed by atoms with Gasteiger partial charge in [-0.2, -0.15) is 0 Å². The molecule has 0 fully saturated rings. The lowest BCUT2D eigenvalue weighted by Crippen LogP contribution is -1.96. The molecule has 99 valence electrons. The quantitative estimate of drug-likeness (QED) is 0.544. The second-order valence-electron chi connectivity index (χ2n) is 4.26. The molecule has 0 atom stereocenters. The maximum atomic E-state index is 13.9. The van der Waals surface area contributed by atoms with Gasteiger partial charge in [0.05, 0.1) is 21.2 Å². The first-order valence-electron chi connectivity index (χ1n) is 5.81. The van der Waals surface area contributed by atoms with Crippen molar-refractivity contribution in [3.63, 3.8) is 0 Å². The third kappa shape index (κ3) is 2.25. The molecule has 0 aliphatic heterocycles. The van der Waals surface area contributed by atoms with E-state index < -0.39 is 10.7 Å². The molecule has 0 saturated heterocycles. The highest BCUT2D eigenvalue weighted by Gasteiger charge is 2.12. The van der Waals surface area contributed by atoms with Gasteiger partial charge in [0.25, 0.3) is 5.69 Å². The van der Waals surface area contributed by atoms with Gasteiger partial charge in [0, 0.05) is 24.1 Å². The monoisotopic (exact) mass is 287 g/mol. The van der Waals surface area contributed by atoms with E-state index in [1.807, 2.05) is 6.07 Å². The summed E-state index contributed by atoms with van der Waals surface area (Å²) in [6.45, 7) is 0. The van der Waals surface area contributed by atoms with E-state index in [1.165, 1.54) is 23.5 Å². The van der Waals surface area contributed by atoms with E-state index in [0.717, 1.165) is 21.8 Å². The Morgan fingerprint density at radius 3 is 2.95 bits per heavy atom. The Morgan fingerprint density at radius 1 is 1.35 bits per heavy atom. The van der Waals surface area contributed by atoms with Crippen molar-refractivity contribution in [2.24, 2.45) is 0 Å². The summed E-state index contributed by atoms with van der Waals surface area (Å²) in [5.74, 6) is -0.565. The normalized spacial score (nSPS) is 10.8. The van der Waals surface area contributed by atoms with Gasteiger partial charge in [-0.3, -0.25) is 15.1 Å². The number of benzene rings is 1. The summed E-state index contributed by atoms with van der Waals surface area (Å²) in [4.78, 5) is 14.2. The van der Waals surface area contributed by atoms with Gasteiger partial charge in [-0.25, -0.2) is 4.39 Å². The minimum atomic E-state index is -0.605. The molecule has 20 heavy (non-hydrogen) atoms. The summed E-state index contributed by atoms with van der Waals surface area (Å²) in [5, 5.41) is 13.6. The Balaban J connectivity index is 1.99. The predicted octanol–water partition coefficient (Wildman–Crippen LogP) is 3.73. The molecule has 0 unspecified atom stereocenters. The maximum Gasteiger partial charge on any atom is 0.272 e. The van der Waals surface area contributed by atoms with Crippen LogP contribution in [0.3, 0.4) is 0 Å². The molecule has 0 N–H and O–H groups in total. The second-order valence-corrected chi connectivity index (χ2v) is 5.11. The van der Waals surface area contributed by atoms with Gasteiger partial charge >= 0.3 is 0 Å². The van der Waals surface area contributed by atoms with Crippen molar-refractivity contribution >= 4 is 27.2 Å². The number of thiophene rings is 1. The Kier molecular flexibility index (Phi) is 3.15. The number of aromatic nitrogens is 1. The summed E-state index contributed by atoms with van der Waals surface area (Å²) >= 11 is 1.43. The first-order chi connectivity index (χ1) is 9.65. The lowest BCUT2D eigenvalue weighted by Gasteiger charge is -2.04. The molecule has 0 spiro atoms. The van der Waals surface area contributed by atoms with Crippen LogP contribution in [0.4, 0.5) is 10.1 Å². The summed E-state index contributed by atoms with van der Waals surface area (Å²) in [6, 6.07) is 7.34. The lowest BCUT2D eigenvalue weighted by atomic mass is 10.0. The van der Waals surface area contributed by atoms with Gasteiger partial charge in [-0.05, 0) is 29.3 Å². The number of pyridine rings is 1. The third-order valence-electron chi connectivity index (χ3n) is 3.00. The number of non-ortho nitro benzene ring substituents is 1. The Morgan fingerprint density at radius 2 is 2.20 bits per heavy atom. The fourth-order valence-corrected chi connectivity index (χ4v) is 2.78. The van der Waals surface area contributed by atoms with Gasteiger partial charge in [-0.1, -0.05) is 0 Å². The van der Waals surface area contributed by atoms with Gasteiger partial charge in [0.15, 0.2) is 0 Å². The van der Waals surface area contributed by atoms with E-state index >= 15 is 0 Å². The summed E-state index contributed by atoms with van der Waals surface area (Å²) in [7, 11) is 0. The van der Waals surface area contributed by atoms with Crippen molar-refractivity contribution in [3.05, 3.63) is 69.0 Å². The Bertz CT molecular complexity index is 801. The van der Waals surface area contributed by atoms with E-state index in [0.29, 0.717) is 12.0 Å². The topological polar surface area (TPSA) is 56.0 Å². The molecule has 3 rings (SSSR count). The lowest BCUT2D eigenvalue weighted by molar-refractivity contribution is -0.385. The van der Waals surface area contributed by atoms with Crippen molar-refractivity contribution in [2.75, 3.05) is 0 Å². The minimum Gasteiger partial charge on any atom is -0.258 e. The molecule has 2 heterocycles. The molecule has 2 aromatic heterocycles. The standard InChI is InChI=1S/C14H8FN2O2S/c15-12-8-11(17(18)19)2-1-9(12)7-10-3-5-16-13-4-6-20-14(10)13/h1-5,8H,7H2. The van der Waals surface area contributed by atoms with Crippen LogP contribution in [0.5, 0.6) is 0 Å². The van der Waals surface area contributed by atoms with E-state index in [1.54, 1.807) is 12.3 Å². The Labute approximate surface area is 117 Å². The first-order valence-corrected chi connectivity index (χ1v) is 6.63. The van der Waals surface area contributed by atoms with Gasteiger partial charge in [0.2, 0.25) is 0 Å². The molecule has 0 saturated carbocycles. The van der Waals surface area contributed by atoms with Crippen LogP contribution >= 0.6 is 11.3 Å². The molecule has 0 bridgehead atoms. The van der Waals surface area contributed by atoms with Crippen molar-refractivity contribution in [3.8, 4) is 0 Å². The van der Waals surface area contributed by atoms with Crippen molar-refractivity contribution in [2.45, 2.75) is 6.42 Å². The number of nitro groups is 1. The minimum absolute atomic E-state index is 0.240. The van der Waals surface area contributed by atoms with Crippen LogP contribution in [0.2, 0.25) is 0 Å². The average Bonchev–Trinajstić information content (AvgIpc) is 2.90.